The number of para-hydroxylation sites is 1. The van der Waals surface area contributed by atoms with Crippen molar-refractivity contribution >= 4 is 34.8 Å². The molecule has 1 aliphatic rings. The van der Waals surface area contributed by atoms with E-state index in [1.54, 1.807) is 36.4 Å². The van der Waals surface area contributed by atoms with Crippen LogP contribution in [0.15, 0.2) is 48.5 Å². The Hall–Kier alpha value is -2.84. The van der Waals surface area contributed by atoms with Gasteiger partial charge in [-0.05, 0) is 56.0 Å². The van der Waals surface area contributed by atoms with Crippen molar-refractivity contribution in [2.75, 3.05) is 10.6 Å². The molecule has 0 radical (unpaired) electrons. The third-order valence-electron chi connectivity index (χ3n) is 4.86. The van der Waals surface area contributed by atoms with Crippen molar-refractivity contribution < 1.29 is 9.59 Å². The van der Waals surface area contributed by atoms with Gasteiger partial charge in [-0.1, -0.05) is 29.8 Å². The molecule has 0 aliphatic heterocycles. The molecule has 1 aliphatic carbocycles. The van der Waals surface area contributed by atoms with E-state index in [2.05, 4.69) is 16.7 Å². The molecule has 2 aromatic rings. The normalized spacial score (nSPS) is 19.0. The summed E-state index contributed by atoms with van der Waals surface area (Å²) < 4.78 is 0. The fraction of sp³-hybridized carbons (Fsp3) is 0.286. The number of nitrogens with one attached hydrogen (secondary N) is 2. The van der Waals surface area contributed by atoms with Crippen molar-refractivity contribution in [2.24, 2.45) is 11.8 Å². The van der Waals surface area contributed by atoms with Crippen LogP contribution in [0.2, 0.25) is 5.02 Å². The zero-order chi connectivity index (χ0) is 19.2. The van der Waals surface area contributed by atoms with E-state index < -0.39 is 0 Å². The monoisotopic (exact) mass is 381 g/mol. The highest BCUT2D eigenvalue weighted by atomic mass is 35.5. The van der Waals surface area contributed by atoms with Crippen molar-refractivity contribution in [3.8, 4) is 6.07 Å². The smallest absolute Gasteiger partial charge is 0.227 e. The van der Waals surface area contributed by atoms with E-state index in [9.17, 15) is 9.59 Å². The third kappa shape index (κ3) is 4.87. The van der Waals surface area contributed by atoms with Crippen molar-refractivity contribution in [1.82, 2.24) is 0 Å². The molecular formula is C21H20ClN3O2. The lowest BCUT2D eigenvalue weighted by Gasteiger charge is -2.27. The Kier molecular flexibility index (Phi) is 6.10. The second-order valence-electron chi connectivity index (χ2n) is 6.70. The van der Waals surface area contributed by atoms with Gasteiger partial charge in [0.25, 0.3) is 0 Å². The van der Waals surface area contributed by atoms with Gasteiger partial charge in [0.05, 0.1) is 22.3 Å². The number of hydrogen-bond acceptors (Lipinski definition) is 3. The minimum atomic E-state index is -0.125. The second-order valence-corrected chi connectivity index (χ2v) is 7.11. The maximum Gasteiger partial charge on any atom is 0.227 e. The summed E-state index contributed by atoms with van der Waals surface area (Å²) in [6.07, 6.45) is 2.63. The Labute approximate surface area is 163 Å². The maximum absolute atomic E-state index is 12.5. The molecule has 138 valence electrons. The number of nitrogens with zero attached hydrogens (tertiary/aromatic N) is 1. The molecule has 2 amide bonds. The molecule has 1 fully saturated rings. The first-order chi connectivity index (χ1) is 13.1. The SMILES string of the molecule is N#Cc1cccc(NC(=O)C2CCC(C(=O)Nc3ccccc3Cl)CC2)c1. The van der Waals surface area contributed by atoms with Crippen LogP contribution >= 0.6 is 11.6 Å². The Morgan fingerprint density at radius 3 is 2.19 bits per heavy atom. The van der Waals surface area contributed by atoms with Crippen molar-refractivity contribution in [3.05, 3.63) is 59.1 Å². The highest BCUT2D eigenvalue weighted by Crippen LogP contribution is 2.31. The molecule has 0 atom stereocenters. The lowest BCUT2D eigenvalue weighted by molar-refractivity contribution is -0.125. The third-order valence-corrected chi connectivity index (χ3v) is 5.19. The van der Waals surface area contributed by atoms with Crippen LogP contribution < -0.4 is 10.6 Å². The van der Waals surface area contributed by atoms with Crippen molar-refractivity contribution in [2.45, 2.75) is 25.7 Å². The second kappa shape index (κ2) is 8.70. The van der Waals surface area contributed by atoms with Gasteiger partial charge in [0.2, 0.25) is 11.8 Å². The fourth-order valence-electron chi connectivity index (χ4n) is 3.33. The van der Waals surface area contributed by atoms with Crippen LogP contribution in [0.25, 0.3) is 0 Å². The Balaban J connectivity index is 1.52. The van der Waals surface area contributed by atoms with Crippen LogP contribution in [-0.4, -0.2) is 11.8 Å². The van der Waals surface area contributed by atoms with Crippen LogP contribution in [0.1, 0.15) is 31.2 Å². The van der Waals surface area contributed by atoms with Gasteiger partial charge in [-0.25, -0.2) is 0 Å². The van der Waals surface area contributed by atoms with Crippen LogP contribution in [0.4, 0.5) is 11.4 Å². The molecule has 3 rings (SSSR count). The van der Waals surface area contributed by atoms with Crippen LogP contribution in [-0.2, 0) is 9.59 Å². The number of anilines is 2. The standard InChI is InChI=1S/C21H20ClN3O2/c22-18-6-1-2-7-19(18)25-21(27)16-10-8-15(9-11-16)20(26)24-17-5-3-4-14(12-17)13-23/h1-7,12,15-16H,8-11H2,(H,24,26)(H,25,27). The number of benzene rings is 2. The summed E-state index contributed by atoms with van der Waals surface area (Å²) >= 11 is 6.08. The number of amides is 2. The average Bonchev–Trinajstić information content (AvgIpc) is 2.70. The Bertz CT molecular complexity index is 883. The molecule has 27 heavy (non-hydrogen) atoms. The van der Waals surface area contributed by atoms with Gasteiger partial charge in [0.15, 0.2) is 0 Å². The summed E-state index contributed by atoms with van der Waals surface area (Å²) in [5.74, 6) is -0.355. The lowest BCUT2D eigenvalue weighted by Crippen LogP contribution is -2.32. The van der Waals surface area contributed by atoms with Gasteiger partial charge >= 0.3 is 0 Å². The zero-order valence-electron chi connectivity index (χ0n) is 14.7. The predicted molar refractivity (Wildman–Crippen MR) is 105 cm³/mol. The maximum atomic E-state index is 12.5. The molecule has 2 N–H and O–H groups in total. The molecule has 6 heteroatoms. The fourth-order valence-corrected chi connectivity index (χ4v) is 3.51. The molecule has 0 bridgehead atoms. The molecule has 0 aromatic heterocycles. The van der Waals surface area contributed by atoms with E-state index in [0.717, 1.165) is 0 Å². The van der Waals surface area contributed by atoms with Crippen LogP contribution in [0.5, 0.6) is 0 Å². The van der Waals surface area contributed by atoms with Gasteiger partial charge < -0.3 is 10.6 Å². The first-order valence-corrected chi connectivity index (χ1v) is 9.31. The zero-order valence-corrected chi connectivity index (χ0v) is 15.5. The summed E-state index contributed by atoms with van der Waals surface area (Å²) in [4.78, 5) is 24.9. The molecule has 0 saturated heterocycles. The highest BCUT2D eigenvalue weighted by Gasteiger charge is 2.30. The Morgan fingerprint density at radius 1 is 0.926 bits per heavy atom. The topological polar surface area (TPSA) is 82.0 Å². The summed E-state index contributed by atoms with van der Waals surface area (Å²) in [7, 11) is 0. The summed E-state index contributed by atoms with van der Waals surface area (Å²) in [5.41, 5.74) is 1.74. The predicted octanol–water partition coefficient (Wildman–Crippen LogP) is 4.60. The summed E-state index contributed by atoms with van der Waals surface area (Å²) in [5, 5.41) is 15.2. The number of hydrogen-bond donors (Lipinski definition) is 2. The minimum Gasteiger partial charge on any atom is -0.326 e. The number of rotatable bonds is 4. The van der Waals surface area contributed by atoms with Gasteiger partial charge in [-0.2, -0.15) is 5.26 Å². The first-order valence-electron chi connectivity index (χ1n) is 8.93. The first kappa shape index (κ1) is 18.9. The minimum absolute atomic E-state index is 0.0521. The van der Waals surface area contributed by atoms with E-state index in [1.165, 1.54) is 0 Å². The average molecular weight is 382 g/mol. The quantitative estimate of drug-likeness (QED) is 0.812. The number of nitriles is 1. The molecular weight excluding hydrogens is 362 g/mol. The lowest BCUT2D eigenvalue weighted by atomic mass is 9.81. The number of carbonyl (C=O) groups excluding carboxylic acids is 2. The van der Waals surface area contributed by atoms with E-state index in [1.807, 2.05) is 12.1 Å². The molecule has 0 spiro atoms. The van der Waals surface area contributed by atoms with Crippen LogP contribution in [0.3, 0.4) is 0 Å². The highest BCUT2D eigenvalue weighted by molar-refractivity contribution is 6.33. The molecule has 0 heterocycles. The molecule has 5 nitrogen and oxygen atoms in total. The summed E-state index contributed by atoms with van der Waals surface area (Å²) in [6, 6.07) is 16.1. The molecule has 1 saturated carbocycles. The summed E-state index contributed by atoms with van der Waals surface area (Å²) in [6.45, 7) is 0. The van der Waals surface area contributed by atoms with Crippen molar-refractivity contribution in [1.29, 1.82) is 5.26 Å². The number of carbonyl (C=O) groups is 2. The van der Waals surface area contributed by atoms with Crippen LogP contribution in [0, 0.1) is 23.2 Å². The van der Waals surface area contributed by atoms with Gasteiger partial charge in [0, 0.05) is 17.5 Å². The number of halogens is 1. The van der Waals surface area contributed by atoms with E-state index in [-0.39, 0.29) is 23.7 Å². The molecule has 2 aromatic carbocycles. The Morgan fingerprint density at radius 2 is 1.56 bits per heavy atom. The van der Waals surface area contributed by atoms with E-state index >= 15 is 0 Å². The van der Waals surface area contributed by atoms with Gasteiger partial charge in [-0.15, -0.1) is 0 Å². The van der Waals surface area contributed by atoms with Crippen molar-refractivity contribution in [3.63, 3.8) is 0 Å². The van der Waals surface area contributed by atoms with Gasteiger partial charge in [0.1, 0.15) is 0 Å². The largest absolute Gasteiger partial charge is 0.326 e. The van der Waals surface area contributed by atoms with E-state index in [0.29, 0.717) is 47.6 Å². The van der Waals surface area contributed by atoms with E-state index in [4.69, 9.17) is 16.9 Å². The molecule has 0 unspecified atom stereocenters. The van der Waals surface area contributed by atoms with Gasteiger partial charge in [-0.3, -0.25) is 9.59 Å².